The fraction of sp³-hybridized carbons (Fsp3) is 0.235. The van der Waals surface area contributed by atoms with Gasteiger partial charge in [-0.3, -0.25) is 14.9 Å². The number of nitrogens with one attached hydrogen (secondary N) is 1. The molecule has 2 aromatic rings. The van der Waals surface area contributed by atoms with Crippen molar-refractivity contribution in [3.63, 3.8) is 0 Å². The fourth-order valence-electron chi connectivity index (χ4n) is 2.33. The number of aryl methyl sites for hydroxylation is 2. The molecule has 0 fully saturated rings. The highest BCUT2D eigenvalue weighted by molar-refractivity contribution is 7.89. The van der Waals surface area contributed by atoms with Crippen LogP contribution in [-0.2, 0) is 14.8 Å². The monoisotopic (exact) mass is 377 g/mol. The van der Waals surface area contributed by atoms with E-state index in [2.05, 4.69) is 5.32 Å². The maximum absolute atomic E-state index is 12.6. The predicted molar refractivity (Wildman–Crippen MR) is 97.5 cm³/mol. The fourth-order valence-corrected chi connectivity index (χ4v) is 3.66. The van der Waals surface area contributed by atoms with Gasteiger partial charge in [0.1, 0.15) is 0 Å². The second kappa shape index (κ2) is 7.63. The quantitative estimate of drug-likeness (QED) is 0.614. The first-order valence-electron chi connectivity index (χ1n) is 7.69. The van der Waals surface area contributed by atoms with Crippen molar-refractivity contribution in [3.05, 3.63) is 63.7 Å². The number of benzene rings is 2. The summed E-state index contributed by atoms with van der Waals surface area (Å²) in [4.78, 5) is 22.2. The van der Waals surface area contributed by atoms with E-state index in [1.165, 1.54) is 26.1 Å². The zero-order valence-electron chi connectivity index (χ0n) is 14.6. The number of amides is 1. The number of hydrogen-bond donors (Lipinski definition) is 1. The van der Waals surface area contributed by atoms with E-state index in [4.69, 9.17) is 0 Å². The van der Waals surface area contributed by atoms with E-state index < -0.39 is 20.9 Å². The van der Waals surface area contributed by atoms with Crippen molar-refractivity contribution >= 4 is 27.3 Å². The van der Waals surface area contributed by atoms with Crippen molar-refractivity contribution in [2.45, 2.75) is 18.7 Å². The average molecular weight is 377 g/mol. The Bertz CT molecular complexity index is 939. The van der Waals surface area contributed by atoms with Crippen molar-refractivity contribution in [2.24, 2.45) is 0 Å². The third-order valence-corrected chi connectivity index (χ3v) is 5.72. The van der Waals surface area contributed by atoms with Gasteiger partial charge in [0.25, 0.3) is 5.69 Å². The smallest absolute Gasteiger partial charge is 0.269 e. The molecule has 0 heterocycles. The lowest BCUT2D eigenvalue weighted by atomic mass is 10.2. The minimum atomic E-state index is -3.96. The molecule has 2 rings (SSSR count). The Morgan fingerprint density at radius 3 is 2.31 bits per heavy atom. The number of rotatable bonds is 6. The summed E-state index contributed by atoms with van der Waals surface area (Å²) >= 11 is 0. The van der Waals surface area contributed by atoms with Crippen LogP contribution < -0.4 is 5.32 Å². The normalized spacial score (nSPS) is 11.4. The zero-order valence-corrected chi connectivity index (χ0v) is 15.4. The van der Waals surface area contributed by atoms with Gasteiger partial charge in [-0.05, 0) is 37.6 Å². The summed E-state index contributed by atoms with van der Waals surface area (Å²) in [6.45, 7) is 3.01. The molecular formula is C17H19N3O5S. The van der Waals surface area contributed by atoms with Crippen LogP contribution in [0.5, 0.6) is 0 Å². The first-order valence-corrected chi connectivity index (χ1v) is 9.13. The Kier molecular flexibility index (Phi) is 5.73. The molecule has 0 radical (unpaired) electrons. The van der Waals surface area contributed by atoms with Crippen LogP contribution in [0.15, 0.2) is 47.4 Å². The Labute approximate surface area is 151 Å². The molecule has 0 bridgehead atoms. The predicted octanol–water partition coefficient (Wildman–Crippen LogP) is 2.47. The van der Waals surface area contributed by atoms with Gasteiger partial charge in [0.2, 0.25) is 15.9 Å². The maximum atomic E-state index is 12.6. The van der Waals surface area contributed by atoms with E-state index in [-0.39, 0.29) is 22.7 Å². The van der Waals surface area contributed by atoms with Gasteiger partial charge in [-0.25, -0.2) is 8.42 Å². The molecule has 2 aromatic carbocycles. The van der Waals surface area contributed by atoms with Crippen molar-refractivity contribution < 1.29 is 18.1 Å². The first kappa shape index (κ1) is 19.5. The van der Waals surface area contributed by atoms with Gasteiger partial charge in [-0.1, -0.05) is 17.7 Å². The van der Waals surface area contributed by atoms with E-state index >= 15 is 0 Å². The van der Waals surface area contributed by atoms with Crippen molar-refractivity contribution in [1.82, 2.24) is 4.31 Å². The molecule has 26 heavy (non-hydrogen) atoms. The van der Waals surface area contributed by atoms with Crippen molar-refractivity contribution in [1.29, 1.82) is 0 Å². The van der Waals surface area contributed by atoms with Crippen LogP contribution in [0.3, 0.4) is 0 Å². The van der Waals surface area contributed by atoms with Gasteiger partial charge in [0.15, 0.2) is 0 Å². The SMILES string of the molecule is Cc1ccc(NC(=O)CN(C)S(=O)(=O)c2ccc([N+](=O)[O-])cc2C)cc1. The summed E-state index contributed by atoms with van der Waals surface area (Å²) in [7, 11) is -2.67. The van der Waals surface area contributed by atoms with Crippen molar-refractivity contribution in [2.75, 3.05) is 18.9 Å². The number of nitrogens with zero attached hydrogens (tertiary/aromatic N) is 2. The highest BCUT2D eigenvalue weighted by Crippen LogP contribution is 2.23. The van der Waals surface area contributed by atoms with E-state index in [1.807, 2.05) is 19.1 Å². The first-order chi connectivity index (χ1) is 12.1. The van der Waals surface area contributed by atoms with Crippen LogP contribution in [0.1, 0.15) is 11.1 Å². The average Bonchev–Trinajstić information content (AvgIpc) is 2.56. The number of sulfonamides is 1. The second-order valence-corrected chi connectivity index (χ2v) is 7.90. The van der Waals surface area contributed by atoms with Crippen molar-refractivity contribution in [3.8, 4) is 0 Å². The van der Waals surface area contributed by atoms with Gasteiger partial charge < -0.3 is 5.32 Å². The summed E-state index contributed by atoms with van der Waals surface area (Å²) in [6, 6.07) is 10.6. The minimum absolute atomic E-state index is 0.0752. The molecular weight excluding hydrogens is 358 g/mol. The number of carbonyl (C=O) groups excluding carboxylic acids is 1. The molecule has 8 nitrogen and oxygen atoms in total. The number of hydrogen-bond acceptors (Lipinski definition) is 5. The maximum Gasteiger partial charge on any atom is 0.269 e. The highest BCUT2D eigenvalue weighted by Gasteiger charge is 2.25. The molecule has 0 saturated carbocycles. The van der Waals surface area contributed by atoms with E-state index in [1.54, 1.807) is 12.1 Å². The molecule has 1 amide bonds. The van der Waals surface area contributed by atoms with Crippen LogP contribution in [0.25, 0.3) is 0 Å². The number of nitro benzene ring substituents is 1. The second-order valence-electron chi connectivity index (χ2n) is 5.88. The number of carbonyl (C=O) groups is 1. The minimum Gasteiger partial charge on any atom is -0.325 e. The molecule has 0 aliphatic heterocycles. The standard InChI is InChI=1S/C17H19N3O5S/c1-12-4-6-14(7-5-12)18-17(21)11-19(3)26(24,25)16-9-8-15(20(22)23)10-13(16)2/h4-10H,11H2,1-3H3,(H,18,21). The summed E-state index contributed by atoms with van der Waals surface area (Å²) < 4.78 is 26.2. The number of anilines is 1. The Morgan fingerprint density at radius 1 is 1.15 bits per heavy atom. The largest absolute Gasteiger partial charge is 0.325 e. The van der Waals surface area contributed by atoms with Crippen LogP contribution in [0.4, 0.5) is 11.4 Å². The molecule has 9 heteroatoms. The lowest BCUT2D eigenvalue weighted by Crippen LogP contribution is -2.35. The van der Waals surface area contributed by atoms with Gasteiger partial charge in [-0.2, -0.15) is 4.31 Å². The zero-order chi connectivity index (χ0) is 19.5. The van der Waals surface area contributed by atoms with Gasteiger partial charge in [-0.15, -0.1) is 0 Å². The summed E-state index contributed by atoms with van der Waals surface area (Å²) in [6.07, 6.45) is 0. The molecule has 0 spiro atoms. The van der Waals surface area contributed by atoms with E-state index in [0.29, 0.717) is 5.69 Å². The molecule has 0 aliphatic rings. The third kappa shape index (κ3) is 4.44. The molecule has 0 unspecified atom stereocenters. The summed E-state index contributed by atoms with van der Waals surface area (Å²) in [5.41, 5.74) is 1.65. The molecule has 138 valence electrons. The number of likely N-dealkylation sites (N-methyl/N-ethyl adjacent to an activating group) is 1. The number of nitro groups is 1. The van der Waals surface area contributed by atoms with E-state index in [0.717, 1.165) is 15.9 Å². The highest BCUT2D eigenvalue weighted by atomic mass is 32.2. The molecule has 0 atom stereocenters. The van der Waals surface area contributed by atoms with E-state index in [9.17, 15) is 23.3 Å². The lowest BCUT2D eigenvalue weighted by Gasteiger charge is -2.18. The molecule has 0 saturated heterocycles. The van der Waals surface area contributed by atoms with Crippen LogP contribution >= 0.6 is 0 Å². The van der Waals surface area contributed by atoms with Crippen LogP contribution in [-0.4, -0.2) is 37.1 Å². The third-order valence-electron chi connectivity index (χ3n) is 3.76. The van der Waals surface area contributed by atoms with Crippen LogP contribution in [0.2, 0.25) is 0 Å². The number of non-ortho nitro benzene ring substituents is 1. The van der Waals surface area contributed by atoms with Gasteiger partial charge >= 0.3 is 0 Å². The Balaban J connectivity index is 2.14. The Morgan fingerprint density at radius 2 is 1.77 bits per heavy atom. The molecule has 1 N–H and O–H groups in total. The Hall–Kier alpha value is -2.78. The van der Waals surface area contributed by atoms with Crippen LogP contribution in [0, 0.1) is 24.0 Å². The lowest BCUT2D eigenvalue weighted by molar-refractivity contribution is -0.385. The summed E-state index contributed by atoms with van der Waals surface area (Å²) in [5, 5.41) is 13.4. The summed E-state index contributed by atoms with van der Waals surface area (Å²) in [5.74, 6) is -0.487. The van der Waals surface area contributed by atoms with Gasteiger partial charge in [0, 0.05) is 24.9 Å². The topological polar surface area (TPSA) is 110 Å². The molecule has 0 aliphatic carbocycles. The van der Waals surface area contributed by atoms with Gasteiger partial charge in [0.05, 0.1) is 16.4 Å². The molecule has 0 aromatic heterocycles.